The van der Waals surface area contributed by atoms with Gasteiger partial charge in [0.1, 0.15) is 0 Å². The molecular formula is C15H20NO6P. The van der Waals surface area contributed by atoms with Gasteiger partial charge in [-0.1, -0.05) is 12.1 Å². The minimum absolute atomic E-state index is 0.190. The summed E-state index contributed by atoms with van der Waals surface area (Å²) in [6, 6.07) is 6.52. The molecule has 0 spiro atoms. The van der Waals surface area contributed by atoms with Crippen molar-refractivity contribution in [3.8, 4) is 0 Å². The Bertz CT molecular complexity index is 602. The van der Waals surface area contributed by atoms with Crippen LogP contribution in [0.15, 0.2) is 24.3 Å². The molecule has 1 atom stereocenters. The normalized spacial score (nSPS) is 15.9. The first-order valence-electron chi connectivity index (χ1n) is 7.35. The van der Waals surface area contributed by atoms with E-state index in [1.807, 2.05) is 0 Å². The second kappa shape index (κ2) is 7.36. The summed E-state index contributed by atoms with van der Waals surface area (Å²) < 4.78 is 28.3. The minimum atomic E-state index is -3.46. The van der Waals surface area contributed by atoms with Gasteiger partial charge >= 0.3 is 7.60 Å². The van der Waals surface area contributed by atoms with Crippen molar-refractivity contribution < 1.29 is 27.9 Å². The Morgan fingerprint density at radius 2 is 1.52 bits per heavy atom. The Kier molecular flexibility index (Phi) is 5.70. The summed E-state index contributed by atoms with van der Waals surface area (Å²) in [6.07, 6.45) is -1.23. The minimum Gasteiger partial charge on any atom is -0.360 e. The number of ether oxygens (including phenoxy) is 1. The first-order valence-corrected chi connectivity index (χ1v) is 9.08. The lowest BCUT2D eigenvalue weighted by Gasteiger charge is -2.27. The summed E-state index contributed by atoms with van der Waals surface area (Å²) in [5.41, 5.74) is 0.615. The molecule has 1 aliphatic heterocycles. The van der Waals surface area contributed by atoms with Gasteiger partial charge in [0.25, 0.3) is 11.8 Å². The van der Waals surface area contributed by atoms with Crippen molar-refractivity contribution in [2.45, 2.75) is 20.1 Å². The second-order valence-electron chi connectivity index (χ2n) is 4.85. The van der Waals surface area contributed by atoms with Gasteiger partial charge in [0.2, 0.25) is 0 Å². The molecule has 0 bridgehead atoms. The van der Waals surface area contributed by atoms with Gasteiger partial charge in [-0.05, 0) is 26.0 Å². The van der Waals surface area contributed by atoms with Crippen molar-refractivity contribution in [3.05, 3.63) is 35.4 Å². The fourth-order valence-electron chi connectivity index (χ4n) is 2.46. The molecule has 0 N–H and O–H groups in total. The van der Waals surface area contributed by atoms with Gasteiger partial charge < -0.3 is 13.8 Å². The molecule has 1 heterocycles. The van der Waals surface area contributed by atoms with Crippen LogP contribution in [0.3, 0.4) is 0 Å². The van der Waals surface area contributed by atoms with E-state index in [-0.39, 0.29) is 19.4 Å². The van der Waals surface area contributed by atoms with Gasteiger partial charge in [-0.3, -0.25) is 14.2 Å². The van der Waals surface area contributed by atoms with E-state index >= 15 is 0 Å². The molecule has 0 radical (unpaired) electrons. The quantitative estimate of drug-likeness (QED) is 0.534. The highest BCUT2D eigenvalue weighted by Gasteiger charge is 2.43. The maximum atomic E-state index is 12.7. The van der Waals surface area contributed by atoms with E-state index in [9.17, 15) is 14.2 Å². The summed E-state index contributed by atoms with van der Waals surface area (Å²) in [6.45, 7) is 3.76. The Hall–Kier alpha value is -1.53. The number of carbonyl (C=O) groups is 2. The largest absolute Gasteiger partial charge is 0.360 e. The maximum absolute atomic E-state index is 12.7. The fraction of sp³-hybridized carbons (Fsp3) is 0.467. The number of benzene rings is 1. The zero-order valence-corrected chi connectivity index (χ0v) is 14.2. The Labute approximate surface area is 135 Å². The maximum Gasteiger partial charge on any atom is 0.335 e. The second-order valence-corrected chi connectivity index (χ2v) is 6.95. The van der Waals surface area contributed by atoms with Crippen molar-refractivity contribution in [2.75, 3.05) is 26.5 Å². The van der Waals surface area contributed by atoms with Gasteiger partial charge in [-0.25, -0.2) is 4.90 Å². The zero-order chi connectivity index (χ0) is 17.0. The number of methoxy groups -OCH3 is 1. The summed E-state index contributed by atoms with van der Waals surface area (Å²) in [7, 11) is -2.12. The van der Waals surface area contributed by atoms with Crippen LogP contribution in [-0.2, 0) is 18.3 Å². The fourth-order valence-corrected chi connectivity index (χ4v) is 4.23. The highest BCUT2D eigenvalue weighted by molar-refractivity contribution is 7.53. The first kappa shape index (κ1) is 17.8. The monoisotopic (exact) mass is 341 g/mol. The number of carbonyl (C=O) groups excluding carboxylic acids is 2. The van der Waals surface area contributed by atoms with Crippen molar-refractivity contribution >= 4 is 19.4 Å². The summed E-state index contributed by atoms with van der Waals surface area (Å²) in [5.74, 6) is -0.950. The van der Waals surface area contributed by atoms with E-state index in [2.05, 4.69) is 0 Å². The van der Waals surface area contributed by atoms with E-state index in [1.54, 1.807) is 38.1 Å². The van der Waals surface area contributed by atoms with Crippen molar-refractivity contribution in [1.29, 1.82) is 0 Å². The molecule has 1 aliphatic rings. The van der Waals surface area contributed by atoms with E-state index in [4.69, 9.17) is 13.8 Å². The van der Waals surface area contributed by atoms with E-state index < -0.39 is 25.6 Å². The lowest BCUT2D eigenvalue weighted by molar-refractivity contribution is -0.00152. The average Bonchev–Trinajstić information content (AvgIpc) is 2.78. The lowest BCUT2D eigenvalue weighted by Crippen LogP contribution is -2.43. The van der Waals surface area contributed by atoms with Crippen LogP contribution >= 0.6 is 7.60 Å². The molecule has 0 aliphatic carbocycles. The standard InChI is InChI=1S/C15H20NO6P/c1-4-21-23(19,22-5-2)10-13(20-3)16-14(17)11-8-6-7-9-12(11)15(16)18/h6-9,13H,4-5,10H2,1-3H3. The SMILES string of the molecule is CCOP(=O)(CC(OC)N1C(=O)c2ccccc2C1=O)OCC. The van der Waals surface area contributed by atoms with Crippen LogP contribution in [0, 0.1) is 0 Å². The number of amides is 2. The molecule has 2 rings (SSSR count). The van der Waals surface area contributed by atoms with Crippen LogP contribution in [0.4, 0.5) is 0 Å². The van der Waals surface area contributed by atoms with Crippen LogP contribution in [0.5, 0.6) is 0 Å². The van der Waals surface area contributed by atoms with Gasteiger partial charge in [0.15, 0.2) is 6.23 Å². The smallest absolute Gasteiger partial charge is 0.335 e. The molecule has 1 aromatic rings. The van der Waals surface area contributed by atoms with E-state index in [0.29, 0.717) is 11.1 Å². The predicted octanol–water partition coefficient (Wildman–Crippen LogP) is 2.52. The third-order valence-corrected chi connectivity index (χ3v) is 5.48. The van der Waals surface area contributed by atoms with Gasteiger partial charge in [-0.2, -0.15) is 0 Å². The van der Waals surface area contributed by atoms with E-state index in [1.165, 1.54) is 7.11 Å². The molecule has 126 valence electrons. The third-order valence-electron chi connectivity index (χ3n) is 3.42. The number of nitrogens with zero attached hydrogens (tertiary/aromatic N) is 1. The van der Waals surface area contributed by atoms with Crippen molar-refractivity contribution in [3.63, 3.8) is 0 Å². The molecule has 2 amide bonds. The van der Waals surface area contributed by atoms with Gasteiger partial charge in [0, 0.05) is 7.11 Å². The van der Waals surface area contributed by atoms with Crippen LogP contribution in [0.1, 0.15) is 34.6 Å². The number of hydrogen-bond acceptors (Lipinski definition) is 6. The molecule has 1 aromatic carbocycles. The Morgan fingerprint density at radius 1 is 1.04 bits per heavy atom. The predicted molar refractivity (Wildman–Crippen MR) is 83.5 cm³/mol. The molecular weight excluding hydrogens is 321 g/mol. The molecule has 0 saturated heterocycles. The number of rotatable bonds is 8. The average molecular weight is 341 g/mol. The highest BCUT2D eigenvalue weighted by Crippen LogP contribution is 2.49. The summed E-state index contributed by atoms with van der Waals surface area (Å²) >= 11 is 0. The molecule has 7 nitrogen and oxygen atoms in total. The first-order chi connectivity index (χ1) is 11.0. The Morgan fingerprint density at radius 3 is 1.91 bits per heavy atom. The molecule has 0 fully saturated rings. The van der Waals surface area contributed by atoms with Crippen LogP contribution in [-0.4, -0.2) is 49.4 Å². The van der Waals surface area contributed by atoms with Crippen molar-refractivity contribution in [1.82, 2.24) is 4.90 Å². The highest BCUT2D eigenvalue weighted by atomic mass is 31.2. The lowest BCUT2D eigenvalue weighted by atomic mass is 10.1. The topological polar surface area (TPSA) is 82.1 Å². The van der Waals surface area contributed by atoms with Crippen LogP contribution in [0.2, 0.25) is 0 Å². The molecule has 23 heavy (non-hydrogen) atoms. The molecule has 1 unspecified atom stereocenters. The number of fused-ring (bicyclic) bond motifs is 1. The summed E-state index contributed by atoms with van der Waals surface area (Å²) in [4.78, 5) is 25.9. The zero-order valence-electron chi connectivity index (χ0n) is 13.4. The summed E-state index contributed by atoms with van der Waals surface area (Å²) in [5, 5.41) is 0. The van der Waals surface area contributed by atoms with E-state index in [0.717, 1.165) is 4.90 Å². The molecule has 8 heteroatoms. The van der Waals surface area contributed by atoms with Crippen LogP contribution < -0.4 is 0 Å². The van der Waals surface area contributed by atoms with Crippen LogP contribution in [0.25, 0.3) is 0 Å². The van der Waals surface area contributed by atoms with Gasteiger partial charge in [-0.15, -0.1) is 0 Å². The molecule has 0 saturated carbocycles. The number of imide groups is 1. The Balaban J connectivity index is 2.27. The number of hydrogen-bond donors (Lipinski definition) is 0. The third kappa shape index (κ3) is 3.53. The van der Waals surface area contributed by atoms with Gasteiger partial charge in [0.05, 0.1) is 30.5 Å². The van der Waals surface area contributed by atoms with Crippen molar-refractivity contribution in [2.24, 2.45) is 0 Å². The molecule has 0 aromatic heterocycles.